The van der Waals surface area contributed by atoms with Gasteiger partial charge in [-0.05, 0) is 53.3 Å². The topological polar surface area (TPSA) is 105 Å². The number of likely N-dealkylation sites (N-methyl/N-ethyl adjacent to an activating group) is 3. The predicted octanol–water partition coefficient (Wildman–Crippen LogP) is 3.37. The number of fused-ring (bicyclic) bond motifs is 1. The Hall–Kier alpha value is -3.34. The van der Waals surface area contributed by atoms with Gasteiger partial charge in [0.1, 0.15) is 24.5 Å². The van der Waals surface area contributed by atoms with Crippen molar-refractivity contribution in [3.63, 3.8) is 0 Å². The molecule has 8 nitrogen and oxygen atoms in total. The summed E-state index contributed by atoms with van der Waals surface area (Å²) in [7, 11) is 4.63. The highest BCUT2D eigenvalue weighted by atomic mass is 32.1. The molecule has 0 aliphatic heterocycles. The standard InChI is InChI=1S/C30H39FN4O4S/c1-5-22(32)17-39-18-28(36)34(3)26(16-21-19-40-27-13-9-7-11-23(21)27)30(38)35(4)25(29(37)33-2)15-14-20-10-6-8-12-24(20)31/h6-13,19,22,25-26H,5,14-18,32H2,1-4H3,(H,33,37)/t22?,25-,26-/m1/s1. The van der Waals surface area contributed by atoms with Crippen molar-refractivity contribution in [2.45, 2.75) is 50.7 Å². The van der Waals surface area contributed by atoms with Crippen molar-refractivity contribution in [2.24, 2.45) is 5.73 Å². The van der Waals surface area contributed by atoms with Crippen LogP contribution in [0.25, 0.3) is 10.1 Å². The summed E-state index contributed by atoms with van der Waals surface area (Å²) in [6, 6.07) is 12.3. The van der Waals surface area contributed by atoms with Crippen LogP contribution in [-0.4, -0.2) is 80.0 Å². The lowest BCUT2D eigenvalue weighted by Gasteiger charge is -2.34. The summed E-state index contributed by atoms with van der Waals surface area (Å²) in [5.41, 5.74) is 7.31. The molecule has 1 heterocycles. The highest BCUT2D eigenvalue weighted by molar-refractivity contribution is 7.17. The van der Waals surface area contributed by atoms with E-state index in [0.29, 0.717) is 5.56 Å². The summed E-state index contributed by atoms with van der Waals surface area (Å²) in [6.45, 7) is 1.96. The Morgan fingerprint density at radius 3 is 2.42 bits per heavy atom. The molecule has 3 rings (SSSR count). The van der Waals surface area contributed by atoms with Crippen LogP contribution in [0, 0.1) is 5.82 Å². The van der Waals surface area contributed by atoms with E-state index in [9.17, 15) is 18.8 Å². The van der Waals surface area contributed by atoms with Gasteiger partial charge in [-0.2, -0.15) is 0 Å². The average molecular weight is 571 g/mol. The van der Waals surface area contributed by atoms with Gasteiger partial charge in [0.05, 0.1) is 6.61 Å². The van der Waals surface area contributed by atoms with E-state index in [-0.39, 0.29) is 56.1 Å². The van der Waals surface area contributed by atoms with E-state index in [1.165, 1.54) is 22.9 Å². The smallest absolute Gasteiger partial charge is 0.249 e. The third-order valence-corrected chi connectivity index (χ3v) is 8.22. The summed E-state index contributed by atoms with van der Waals surface area (Å²) in [4.78, 5) is 42.9. The molecule has 0 bridgehead atoms. The SMILES string of the molecule is CCC(N)COCC(=O)N(C)[C@H](Cc1csc2ccccc12)C(=O)N(C)[C@H](CCc1ccccc1F)C(=O)NC. The van der Waals surface area contributed by atoms with Crippen LogP contribution in [0.1, 0.15) is 30.9 Å². The molecule has 216 valence electrons. The molecule has 0 radical (unpaired) electrons. The number of nitrogens with one attached hydrogen (secondary N) is 1. The molecule has 0 saturated carbocycles. The molecule has 1 aromatic heterocycles. The Morgan fingerprint density at radius 1 is 1.02 bits per heavy atom. The van der Waals surface area contributed by atoms with Crippen molar-refractivity contribution in [2.75, 3.05) is 34.4 Å². The lowest BCUT2D eigenvalue weighted by molar-refractivity contribution is -0.149. The molecule has 3 amide bonds. The second-order valence-corrected chi connectivity index (χ2v) is 10.8. The zero-order valence-corrected chi connectivity index (χ0v) is 24.4. The summed E-state index contributed by atoms with van der Waals surface area (Å²) < 4.78 is 20.9. The summed E-state index contributed by atoms with van der Waals surface area (Å²) >= 11 is 1.57. The van der Waals surface area contributed by atoms with E-state index < -0.39 is 18.0 Å². The maximum atomic E-state index is 14.3. The normalized spacial score (nSPS) is 13.4. The third-order valence-electron chi connectivity index (χ3n) is 7.21. The van der Waals surface area contributed by atoms with E-state index in [2.05, 4.69) is 5.32 Å². The summed E-state index contributed by atoms with van der Waals surface area (Å²) in [5, 5.41) is 5.63. The molecule has 0 fully saturated rings. The lowest BCUT2D eigenvalue weighted by atomic mass is 9.99. The van der Waals surface area contributed by atoms with Gasteiger partial charge in [-0.25, -0.2) is 4.39 Å². The molecule has 3 atom stereocenters. The molecular formula is C30H39FN4O4S. The number of hydrogen-bond donors (Lipinski definition) is 2. The van der Waals surface area contributed by atoms with Crippen LogP contribution < -0.4 is 11.1 Å². The lowest BCUT2D eigenvalue weighted by Crippen LogP contribution is -2.55. The summed E-state index contributed by atoms with van der Waals surface area (Å²) in [6.07, 6.45) is 1.46. The van der Waals surface area contributed by atoms with Crippen LogP contribution in [0.2, 0.25) is 0 Å². The molecule has 0 aliphatic carbocycles. The first-order valence-electron chi connectivity index (χ1n) is 13.4. The maximum Gasteiger partial charge on any atom is 0.249 e. The van der Waals surface area contributed by atoms with Crippen molar-refractivity contribution < 1.29 is 23.5 Å². The fourth-order valence-corrected chi connectivity index (χ4v) is 5.51. The van der Waals surface area contributed by atoms with Crippen LogP contribution in [-0.2, 0) is 32.0 Å². The van der Waals surface area contributed by atoms with Crippen LogP contribution in [0.3, 0.4) is 0 Å². The number of nitrogens with two attached hydrogens (primary N) is 1. The average Bonchev–Trinajstić information content (AvgIpc) is 3.38. The van der Waals surface area contributed by atoms with Crippen LogP contribution >= 0.6 is 11.3 Å². The van der Waals surface area contributed by atoms with Gasteiger partial charge in [0, 0.05) is 38.3 Å². The van der Waals surface area contributed by atoms with Crippen LogP contribution in [0.4, 0.5) is 4.39 Å². The number of carbonyl (C=O) groups is 3. The van der Waals surface area contributed by atoms with Gasteiger partial charge in [0.25, 0.3) is 0 Å². The second kappa shape index (κ2) is 14.9. The third kappa shape index (κ3) is 7.87. The Bertz CT molecular complexity index is 1300. The van der Waals surface area contributed by atoms with Crippen LogP contribution in [0.15, 0.2) is 53.9 Å². The van der Waals surface area contributed by atoms with Crippen molar-refractivity contribution in [3.05, 3.63) is 70.9 Å². The number of amides is 3. The number of ether oxygens (including phenoxy) is 1. The van der Waals surface area contributed by atoms with Gasteiger partial charge in [-0.3, -0.25) is 14.4 Å². The maximum absolute atomic E-state index is 14.3. The Kier molecular flexibility index (Phi) is 11.6. The Morgan fingerprint density at radius 2 is 1.73 bits per heavy atom. The predicted molar refractivity (Wildman–Crippen MR) is 157 cm³/mol. The molecule has 3 N–H and O–H groups in total. The second-order valence-electron chi connectivity index (χ2n) is 9.87. The van der Waals surface area contributed by atoms with Gasteiger partial charge in [0.2, 0.25) is 17.7 Å². The van der Waals surface area contributed by atoms with Crippen molar-refractivity contribution in [3.8, 4) is 0 Å². The minimum absolute atomic E-state index is 0.179. The first-order chi connectivity index (χ1) is 19.2. The Balaban J connectivity index is 1.86. The van der Waals surface area contributed by atoms with Gasteiger partial charge in [0.15, 0.2) is 0 Å². The number of thiophene rings is 1. The summed E-state index contributed by atoms with van der Waals surface area (Å²) in [5.74, 6) is -1.48. The monoisotopic (exact) mass is 570 g/mol. The van der Waals surface area contributed by atoms with Gasteiger partial charge in [-0.15, -0.1) is 11.3 Å². The first-order valence-corrected chi connectivity index (χ1v) is 14.3. The first kappa shape index (κ1) is 31.2. The molecule has 1 unspecified atom stereocenters. The van der Waals surface area contributed by atoms with E-state index in [4.69, 9.17) is 10.5 Å². The fraction of sp³-hybridized carbons (Fsp3) is 0.433. The van der Waals surface area contributed by atoms with Gasteiger partial charge in [-0.1, -0.05) is 43.3 Å². The molecule has 40 heavy (non-hydrogen) atoms. The number of aryl methyl sites for hydroxylation is 1. The van der Waals surface area contributed by atoms with Gasteiger partial charge >= 0.3 is 0 Å². The zero-order chi connectivity index (χ0) is 29.2. The number of benzene rings is 2. The number of hydrogen-bond acceptors (Lipinski definition) is 6. The molecule has 0 spiro atoms. The zero-order valence-electron chi connectivity index (χ0n) is 23.6. The minimum atomic E-state index is -0.889. The number of carbonyl (C=O) groups excluding carboxylic acids is 3. The highest BCUT2D eigenvalue weighted by Gasteiger charge is 2.35. The van der Waals surface area contributed by atoms with E-state index in [1.54, 1.807) is 43.6 Å². The van der Waals surface area contributed by atoms with E-state index in [1.807, 2.05) is 36.6 Å². The number of halogens is 1. The Labute approximate surface area is 239 Å². The van der Waals surface area contributed by atoms with Crippen LogP contribution in [0.5, 0.6) is 0 Å². The van der Waals surface area contributed by atoms with Crippen molar-refractivity contribution in [1.29, 1.82) is 0 Å². The van der Waals surface area contributed by atoms with Crippen molar-refractivity contribution >= 4 is 39.1 Å². The van der Waals surface area contributed by atoms with E-state index >= 15 is 0 Å². The molecule has 10 heteroatoms. The van der Waals surface area contributed by atoms with E-state index in [0.717, 1.165) is 22.1 Å². The molecule has 0 aliphatic rings. The highest BCUT2D eigenvalue weighted by Crippen LogP contribution is 2.28. The molecule has 3 aromatic rings. The number of nitrogens with zero attached hydrogens (tertiary/aromatic N) is 2. The fourth-order valence-electron chi connectivity index (χ4n) is 4.53. The van der Waals surface area contributed by atoms with Gasteiger partial charge < -0.3 is 25.6 Å². The number of rotatable bonds is 14. The minimum Gasteiger partial charge on any atom is -0.370 e. The molecule has 0 saturated heterocycles. The quantitative estimate of drug-likeness (QED) is 0.309. The molecule has 2 aromatic carbocycles. The molecular weight excluding hydrogens is 531 g/mol. The van der Waals surface area contributed by atoms with Crippen molar-refractivity contribution in [1.82, 2.24) is 15.1 Å². The largest absolute Gasteiger partial charge is 0.370 e.